The second-order valence-electron chi connectivity index (χ2n) is 7.75. The van der Waals surface area contributed by atoms with Crippen molar-refractivity contribution in [3.05, 3.63) is 127 Å². The van der Waals surface area contributed by atoms with Crippen LogP contribution in [0.5, 0.6) is 0 Å². The van der Waals surface area contributed by atoms with Crippen LogP contribution in [-0.2, 0) is 15.7 Å². The number of methoxy groups -OCH3 is 2. The van der Waals surface area contributed by atoms with Gasteiger partial charge in [0.05, 0.1) is 13.4 Å². The predicted molar refractivity (Wildman–Crippen MR) is 142 cm³/mol. The quantitative estimate of drug-likeness (QED) is 0.264. The summed E-state index contributed by atoms with van der Waals surface area (Å²) in [5.74, 6) is 0. The van der Waals surface area contributed by atoms with Gasteiger partial charge in [0.15, 0.2) is 6.35 Å². The molecular weight excluding hydrogens is 518 g/mol. The van der Waals surface area contributed by atoms with Gasteiger partial charge in [-0.2, -0.15) is 13.2 Å². The molecule has 3 nitrogen and oxygen atoms in total. The van der Waals surface area contributed by atoms with Crippen molar-refractivity contribution >= 4 is 29.3 Å². The Morgan fingerprint density at radius 3 is 1.51 bits per heavy atom. The molecule has 0 saturated heterocycles. The third-order valence-electron chi connectivity index (χ3n) is 5.39. The van der Waals surface area contributed by atoms with Crippen molar-refractivity contribution in [3.8, 4) is 0 Å². The van der Waals surface area contributed by atoms with Gasteiger partial charge in [0.1, 0.15) is 28.9 Å². The van der Waals surface area contributed by atoms with Gasteiger partial charge in [-0.1, -0.05) is 60.7 Å². The van der Waals surface area contributed by atoms with Gasteiger partial charge >= 0.3 is 6.18 Å². The van der Waals surface area contributed by atoms with Crippen molar-refractivity contribution in [3.63, 3.8) is 0 Å². The Morgan fingerprint density at radius 2 is 1.19 bits per heavy atom. The van der Waals surface area contributed by atoms with Gasteiger partial charge in [0.25, 0.3) is 0 Å². The molecule has 37 heavy (non-hydrogen) atoms. The van der Waals surface area contributed by atoms with E-state index in [1.807, 2.05) is 0 Å². The smallest absolute Gasteiger partial charge is 0.433 e. The number of alkyl halides is 3. The largest absolute Gasteiger partial charge is 1.00 e. The van der Waals surface area contributed by atoms with Crippen LogP contribution in [0.1, 0.15) is 11.3 Å². The molecule has 3 aromatic carbocycles. The maximum atomic E-state index is 12.1. The summed E-state index contributed by atoms with van der Waals surface area (Å²) >= 11 is 0. The summed E-state index contributed by atoms with van der Waals surface area (Å²) in [7, 11) is 1.47. The first-order valence-corrected chi connectivity index (χ1v) is 13.2. The van der Waals surface area contributed by atoms with Gasteiger partial charge in [0.2, 0.25) is 0 Å². The third kappa shape index (κ3) is 7.90. The Kier molecular flexibility index (Phi) is 11.8. The van der Waals surface area contributed by atoms with Crippen LogP contribution >= 0.6 is 7.26 Å². The highest BCUT2D eigenvalue weighted by molar-refractivity contribution is 7.95. The number of ether oxygens (including phenoxy) is 2. The molecule has 0 bridgehead atoms. The van der Waals surface area contributed by atoms with Crippen LogP contribution in [0.15, 0.2) is 116 Å². The minimum absolute atomic E-state index is 0. The fraction of sp³-hybridized carbons (Fsp3) is 0.138. The summed E-state index contributed by atoms with van der Waals surface area (Å²) in [6.07, 6.45) is 0.352. The average molecular weight is 546 g/mol. The van der Waals surface area contributed by atoms with E-state index >= 15 is 0 Å². The van der Waals surface area contributed by atoms with E-state index in [4.69, 9.17) is 4.74 Å². The minimum Gasteiger partial charge on any atom is -1.00 e. The summed E-state index contributed by atoms with van der Waals surface area (Å²) in [5, 5.41) is 4.07. The molecule has 4 rings (SSSR count). The van der Waals surface area contributed by atoms with E-state index < -0.39 is 19.1 Å². The molecule has 8 heteroatoms. The van der Waals surface area contributed by atoms with Gasteiger partial charge in [0, 0.05) is 13.3 Å². The zero-order valence-electron chi connectivity index (χ0n) is 20.5. The lowest BCUT2D eigenvalue weighted by Crippen LogP contribution is -3.00. The van der Waals surface area contributed by atoms with E-state index in [-0.39, 0.29) is 12.4 Å². The standard InChI is InChI=1S/C20H20OP.C9H8F3NO.ClH/c1-21-17-22(18-11-5-2-6-12-18,19-13-7-3-8-14-19)20-15-9-4-10-16-20;1-14-5-4-7-2-3-8(13-6-7)9(10,11)12;/h2-16H,17H2,1H3;2-6H,1H3;1H/q+1;;/p-1/b;5-4-;. The third-order valence-corrected chi connectivity index (χ3v) is 9.57. The van der Waals surface area contributed by atoms with E-state index in [0.717, 1.165) is 12.3 Å². The molecule has 0 saturated carbocycles. The van der Waals surface area contributed by atoms with E-state index in [9.17, 15) is 13.2 Å². The molecule has 194 valence electrons. The summed E-state index contributed by atoms with van der Waals surface area (Å²) in [5.41, 5.74) is -0.341. The van der Waals surface area contributed by atoms with Crippen molar-refractivity contribution in [1.29, 1.82) is 0 Å². The number of pyridine rings is 1. The van der Waals surface area contributed by atoms with Crippen LogP contribution in [0.25, 0.3) is 6.08 Å². The number of nitrogens with zero attached hydrogens (tertiary/aromatic N) is 1. The highest BCUT2D eigenvalue weighted by atomic mass is 35.5. The number of aromatic nitrogens is 1. The predicted octanol–water partition coefficient (Wildman–Crippen LogP) is 3.31. The molecule has 0 aliphatic carbocycles. The van der Waals surface area contributed by atoms with Gasteiger partial charge in [-0.15, -0.1) is 0 Å². The lowest BCUT2D eigenvalue weighted by atomic mass is 10.2. The summed E-state index contributed by atoms with van der Waals surface area (Å²) in [6.45, 7) is 0. The molecule has 1 heterocycles. The summed E-state index contributed by atoms with van der Waals surface area (Å²) in [6, 6.07) is 34.5. The summed E-state index contributed by atoms with van der Waals surface area (Å²) < 4.78 is 46.5. The van der Waals surface area contributed by atoms with E-state index in [1.165, 1.54) is 41.4 Å². The Morgan fingerprint density at radius 1 is 0.730 bits per heavy atom. The Balaban J connectivity index is 0.000000280. The van der Waals surface area contributed by atoms with Crippen LogP contribution in [0, 0.1) is 0 Å². The van der Waals surface area contributed by atoms with Crippen LogP contribution < -0.4 is 28.3 Å². The van der Waals surface area contributed by atoms with Gasteiger partial charge in [-0.05, 0) is 54.1 Å². The maximum absolute atomic E-state index is 12.1. The van der Waals surface area contributed by atoms with Crippen LogP contribution in [0.4, 0.5) is 13.2 Å². The molecule has 0 fully saturated rings. The molecule has 0 atom stereocenters. The van der Waals surface area contributed by atoms with E-state index in [1.54, 1.807) is 7.11 Å². The second-order valence-corrected chi connectivity index (χ2v) is 11.2. The number of halogens is 4. The highest BCUT2D eigenvalue weighted by Crippen LogP contribution is 2.55. The maximum Gasteiger partial charge on any atom is 0.433 e. The number of rotatable bonds is 7. The van der Waals surface area contributed by atoms with Crippen molar-refractivity contribution in [2.24, 2.45) is 0 Å². The number of hydrogen-bond acceptors (Lipinski definition) is 3. The molecule has 0 unspecified atom stereocenters. The molecule has 1 aromatic heterocycles. The molecule has 0 aliphatic rings. The van der Waals surface area contributed by atoms with Crippen LogP contribution in [0.3, 0.4) is 0 Å². The first kappa shape index (κ1) is 30.0. The first-order valence-electron chi connectivity index (χ1n) is 11.2. The molecule has 0 amide bonds. The number of benzene rings is 3. The van der Waals surface area contributed by atoms with Crippen LogP contribution in [-0.4, -0.2) is 25.6 Å². The van der Waals surface area contributed by atoms with Crippen molar-refractivity contribution in [2.75, 3.05) is 20.6 Å². The van der Waals surface area contributed by atoms with Crippen molar-refractivity contribution < 1.29 is 35.1 Å². The van der Waals surface area contributed by atoms with Gasteiger partial charge in [-0.3, -0.25) is 4.98 Å². The lowest BCUT2D eigenvalue weighted by molar-refractivity contribution is -0.141. The normalized spacial score (nSPS) is 11.3. The van der Waals surface area contributed by atoms with E-state index in [0.29, 0.717) is 11.9 Å². The SMILES string of the molecule is CO/C=C\c1ccc(C(F)(F)F)nc1.COC[P+](c1ccccc1)(c1ccccc1)c1ccccc1.[Cl-]. The zero-order chi connectivity index (χ0) is 25.9. The molecule has 0 radical (unpaired) electrons. The molecular formula is C29H28ClF3NO2P. The van der Waals surface area contributed by atoms with E-state index in [2.05, 4.69) is 101 Å². The molecule has 4 aromatic rings. The molecule has 0 aliphatic heterocycles. The monoisotopic (exact) mass is 545 g/mol. The Bertz CT molecular complexity index is 1110. The van der Waals surface area contributed by atoms with Crippen molar-refractivity contribution in [1.82, 2.24) is 4.98 Å². The molecule has 0 spiro atoms. The van der Waals surface area contributed by atoms with Crippen LogP contribution in [0.2, 0.25) is 0 Å². The average Bonchev–Trinajstić information content (AvgIpc) is 2.92. The zero-order valence-corrected chi connectivity index (χ0v) is 22.1. The Labute approximate surface area is 222 Å². The lowest BCUT2D eigenvalue weighted by Gasteiger charge is -2.26. The van der Waals surface area contributed by atoms with Gasteiger partial charge in [-0.25, -0.2) is 0 Å². The second kappa shape index (κ2) is 14.5. The van der Waals surface area contributed by atoms with Crippen molar-refractivity contribution in [2.45, 2.75) is 6.18 Å². The molecule has 0 N–H and O–H groups in total. The highest BCUT2D eigenvalue weighted by Gasteiger charge is 2.45. The van der Waals surface area contributed by atoms with Gasteiger partial charge < -0.3 is 21.9 Å². The fourth-order valence-electron chi connectivity index (χ4n) is 3.73. The topological polar surface area (TPSA) is 31.4 Å². The summed E-state index contributed by atoms with van der Waals surface area (Å²) in [4.78, 5) is 3.27. The Hall–Kier alpha value is -3.18. The fourth-order valence-corrected chi connectivity index (χ4v) is 7.50. The first-order chi connectivity index (χ1) is 17.4. The number of hydrogen-bond donors (Lipinski definition) is 0. The minimum atomic E-state index is -4.39.